The smallest absolute Gasteiger partial charge is 0.345 e. The number of piperazine rings is 1. The zero-order chi connectivity index (χ0) is 15.5. The van der Waals surface area contributed by atoms with E-state index in [0.717, 1.165) is 31.1 Å². The quantitative estimate of drug-likeness (QED) is 0.929. The molecule has 0 unspecified atom stereocenters. The lowest BCUT2D eigenvalue weighted by Gasteiger charge is -2.35. The number of carboxylic acid groups (broad SMARTS) is 1. The van der Waals surface area contributed by atoms with Crippen LogP contribution in [-0.2, 0) is 6.54 Å². The van der Waals surface area contributed by atoms with Crippen LogP contribution in [0.4, 0.5) is 5.69 Å². The van der Waals surface area contributed by atoms with Gasteiger partial charge in [-0.2, -0.15) is 0 Å². The summed E-state index contributed by atoms with van der Waals surface area (Å²) < 4.78 is 0. The Hall–Kier alpha value is -1.63. The van der Waals surface area contributed by atoms with Gasteiger partial charge in [0.25, 0.3) is 0 Å². The van der Waals surface area contributed by atoms with Gasteiger partial charge in [0.1, 0.15) is 4.88 Å². The van der Waals surface area contributed by atoms with Gasteiger partial charge in [0.05, 0.1) is 5.02 Å². The molecule has 0 amide bonds. The largest absolute Gasteiger partial charge is 0.477 e. The third-order valence-corrected chi connectivity index (χ3v) is 5.29. The van der Waals surface area contributed by atoms with E-state index in [1.54, 1.807) is 12.4 Å². The Bertz CT molecular complexity index is 654. The fourth-order valence-corrected chi connectivity index (χ4v) is 3.82. The van der Waals surface area contributed by atoms with Gasteiger partial charge >= 0.3 is 5.97 Å². The number of hydrogen-bond donors (Lipinski definition) is 1. The van der Waals surface area contributed by atoms with Crippen LogP contribution < -0.4 is 4.90 Å². The number of hydrogen-bond acceptors (Lipinski definition) is 5. The lowest BCUT2D eigenvalue weighted by molar-refractivity contribution is 0.0702. The summed E-state index contributed by atoms with van der Waals surface area (Å²) in [6, 6.07) is 5.58. The normalized spacial score (nSPS) is 16.0. The highest BCUT2D eigenvalue weighted by molar-refractivity contribution is 7.14. The average molecular weight is 338 g/mol. The Balaban J connectivity index is 1.59. The average Bonchev–Trinajstić information content (AvgIpc) is 2.90. The first-order valence-corrected chi connectivity index (χ1v) is 8.22. The minimum atomic E-state index is -0.916. The monoisotopic (exact) mass is 337 g/mol. The number of halogens is 1. The summed E-state index contributed by atoms with van der Waals surface area (Å²) in [6.45, 7) is 4.45. The molecule has 0 spiro atoms. The molecule has 0 aliphatic carbocycles. The van der Waals surface area contributed by atoms with Gasteiger partial charge in [-0.05, 0) is 18.2 Å². The SMILES string of the molecule is O=C(O)c1cc(Cl)c(CN2CCN(c3ccncc3)CC2)s1. The van der Waals surface area contributed by atoms with Crippen molar-refractivity contribution in [3.8, 4) is 0 Å². The lowest BCUT2D eigenvalue weighted by Crippen LogP contribution is -2.45. The summed E-state index contributed by atoms with van der Waals surface area (Å²) in [5.74, 6) is -0.916. The van der Waals surface area contributed by atoms with Crippen LogP contribution in [0, 0.1) is 0 Å². The van der Waals surface area contributed by atoms with E-state index in [9.17, 15) is 4.79 Å². The summed E-state index contributed by atoms with van der Waals surface area (Å²) in [4.78, 5) is 20.9. The van der Waals surface area contributed by atoms with Crippen LogP contribution in [0.3, 0.4) is 0 Å². The van der Waals surface area contributed by atoms with Crippen molar-refractivity contribution in [3.63, 3.8) is 0 Å². The second kappa shape index (κ2) is 6.64. The molecule has 1 aliphatic rings. The van der Waals surface area contributed by atoms with Crippen LogP contribution in [-0.4, -0.2) is 47.1 Å². The molecule has 3 rings (SSSR count). The van der Waals surface area contributed by atoms with Crippen LogP contribution in [0.2, 0.25) is 5.02 Å². The summed E-state index contributed by atoms with van der Waals surface area (Å²) >= 11 is 7.40. The molecule has 1 saturated heterocycles. The lowest BCUT2D eigenvalue weighted by atomic mass is 10.2. The number of carbonyl (C=O) groups is 1. The molecule has 0 saturated carbocycles. The molecule has 22 heavy (non-hydrogen) atoms. The summed E-state index contributed by atoms with van der Waals surface area (Å²) in [5, 5.41) is 9.57. The molecule has 1 N–H and O–H groups in total. The van der Waals surface area contributed by atoms with Gasteiger partial charge in [-0.15, -0.1) is 11.3 Å². The van der Waals surface area contributed by atoms with Gasteiger partial charge in [-0.1, -0.05) is 11.6 Å². The van der Waals surface area contributed by atoms with Crippen molar-refractivity contribution in [2.24, 2.45) is 0 Å². The summed E-state index contributed by atoms with van der Waals surface area (Å²) in [5.41, 5.74) is 1.19. The molecule has 2 aromatic rings. The standard InChI is InChI=1S/C15H16ClN3O2S/c16-12-9-13(15(20)21)22-14(12)10-18-5-7-19(8-6-18)11-1-3-17-4-2-11/h1-4,9H,5-8,10H2,(H,20,21). The zero-order valence-electron chi connectivity index (χ0n) is 11.9. The number of rotatable bonds is 4. The molecule has 0 atom stereocenters. The van der Waals surface area contributed by atoms with Gasteiger partial charge in [0.15, 0.2) is 0 Å². The van der Waals surface area contributed by atoms with E-state index in [1.165, 1.54) is 23.1 Å². The van der Waals surface area contributed by atoms with Gasteiger partial charge < -0.3 is 10.0 Å². The Morgan fingerprint density at radius 2 is 1.95 bits per heavy atom. The first kappa shape index (κ1) is 15.3. The van der Waals surface area contributed by atoms with Crippen molar-refractivity contribution in [2.75, 3.05) is 31.1 Å². The number of thiophene rings is 1. The molecule has 5 nitrogen and oxygen atoms in total. The molecule has 7 heteroatoms. The predicted molar refractivity (Wildman–Crippen MR) is 88.0 cm³/mol. The molecule has 0 radical (unpaired) electrons. The highest BCUT2D eigenvalue weighted by atomic mass is 35.5. The van der Waals surface area contributed by atoms with Crippen LogP contribution in [0.1, 0.15) is 14.5 Å². The van der Waals surface area contributed by atoms with Crippen molar-refractivity contribution in [1.82, 2.24) is 9.88 Å². The molecule has 2 aromatic heterocycles. The number of aromatic nitrogens is 1. The number of anilines is 1. The van der Waals surface area contributed by atoms with E-state index in [2.05, 4.69) is 14.8 Å². The van der Waals surface area contributed by atoms with Gasteiger partial charge in [-0.25, -0.2) is 4.79 Å². The van der Waals surface area contributed by atoms with Crippen molar-refractivity contribution in [2.45, 2.75) is 6.54 Å². The third-order valence-electron chi connectivity index (χ3n) is 3.74. The van der Waals surface area contributed by atoms with E-state index in [4.69, 9.17) is 16.7 Å². The van der Waals surface area contributed by atoms with E-state index in [0.29, 0.717) is 16.4 Å². The van der Waals surface area contributed by atoms with Crippen LogP contribution in [0.5, 0.6) is 0 Å². The fourth-order valence-electron chi connectivity index (χ4n) is 2.54. The Morgan fingerprint density at radius 1 is 1.27 bits per heavy atom. The molecule has 1 fully saturated rings. The van der Waals surface area contributed by atoms with Crippen molar-refractivity contribution in [1.29, 1.82) is 0 Å². The van der Waals surface area contributed by atoms with Crippen LogP contribution in [0.25, 0.3) is 0 Å². The van der Waals surface area contributed by atoms with Gasteiger partial charge in [0.2, 0.25) is 0 Å². The summed E-state index contributed by atoms with van der Waals surface area (Å²) in [6.07, 6.45) is 3.61. The first-order chi connectivity index (χ1) is 10.6. The molecule has 0 bridgehead atoms. The fraction of sp³-hybridized carbons (Fsp3) is 0.333. The first-order valence-electron chi connectivity index (χ1n) is 7.02. The molecular formula is C15H16ClN3O2S. The Morgan fingerprint density at radius 3 is 2.55 bits per heavy atom. The maximum Gasteiger partial charge on any atom is 0.345 e. The highest BCUT2D eigenvalue weighted by Gasteiger charge is 2.20. The van der Waals surface area contributed by atoms with Crippen molar-refractivity contribution < 1.29 is 9.90 Å². The minimum absolute atomic E-state index is 0.301. The van der Waals surface area contributed by atoms with E-state index < -0.39 is 5.97 Å². The number of carboxylic acids is 1. The Kier molecular flexibility index (Phi) is 4.61. The maximum absolute atomic E-state index is 11.0. The van der Waals surface area contributed by atoms with Crippen LogP contribution in [0.15, 0.2) is 30.6 Å². The van der Waals surface area contributed by atoms with Crippen LogP contribution >= 0.6 is 22.9 Å². The zero-order valence-corrected chi connectivity index (χ0v) is 13.5. The summed E-state index contributed by atoms with van der Waals surface area (Å²) in [7, 11) is 0. The van der Waals surface area contributed by atoms with Crippen molar-refractivity contribution in [3.05, 3.63) is 45.4 Å². The molecule has 116 valence electrons. The molecule has 1 aliphatic heterocycles. The van der Waals surface area contributed by atoms with Gasteiger partial charge in [-0.3, -0.25) is 9.88 Å². The third kappa shape index (κ3) is 3.40. The van der Waals surface area contributed by atoms with E-state index >= 15 is 0 Å². The topological polar surface area (TPSA) is 56.7 Å². The molecule has 3 heterocycles. The number of nitrogens with zero attached hydrogens (tertiary/aromatic N) is 3. The number of aromatic carboxylic acids is 1. The van der Waals surface area contributed by atoms with E-state index in [-0.39, 0.29) is 0 Å². The molecular weight excluding hydrogens is 322 g/mol. The maximum atomic E-state index is 11.0. The second-order valence-electron chi connectivity index (χ2n) is 5.16. The highest BCUT2D eigenvalue weighted by Crippen LogP contribution is 2.28. The minimum Gasteiger partial charge on any atom is -0.477 e. The Labute approximate surface area is 137 Å². The predicted octanol–water partition coefficient (Wildman–Crippen LogP) is 2.82. The second-order valence-corrected chi connectivity index (χ2v) is 6.70. The molecule has 0 aromatic carbocycles. The number of pyridine rings is 1. The van der Waals surface area contributed by atoms with Gasteiger partial charge in [0, 0.05) is 55.7 Å². The van der Waals surface area contributed by atoms with E-state index in [1.807, 2.05) is 12.1 Å². The van der Waals surface area contributed by atoms with Crippen molar-refractivity contribution >= 4 is 34.6 Å².